The van der Waals surface area contributed by atoms with Crippen molar-refractivity contribution >= 4 is 19.7 Å². The molecule has 2 aromatic rings. The topological polar surface area (TPSA) is 82.7 Å². The molecule has 1 aromatic heterocycles. The third kappa shape index (κ3) is 7.91. The molecule has 0 unspecified atom stereocenters. The summed E-state index contributed by atoms with van der Waals surface area (Å²) in [5.41, 5.74) is 1.52. The second kappa shape index (κ2) is 15.8. The van der Waals surface area contributed by atoms with E-state index in [1.165, 1.54) is 0 Å². The molecule has 0 aliphatic rings. The van der Waals surface area contributed by atoms with E-state index in [0.29, 0.717) is 38.5 Å². The van der Waals surface area contributed by atoms with Gasteiger partial charge in [0, 0.05) is 37.8 Å². The molecule has 0 atom stereocenters. The van der Waals surface area contributed by atoms with Crippen molar-refractivity contribution < 1.29 is 18.0 Å². The van der Waals surface area contributed by atoms with Crippen LogP contribution in [-0.2, 0) is 19.8 Å². The van der Waals surface area contributed by atoms with Crippen LogP contribution in [0.3, 0.4) is 0 Å². The average Bonchev–Trinajstić information content (AvgIpc) is 2.86. The fourth-order valence-electron chi connectivity index (χ4n) is 4.68. The van der Waals surface area contributed by atoms with E-state index < -0.39 is 8.80 Å². The van der Waals surface area contributed by atoms with Crippen molar-refractivity contribution in [3.63, 3.8) is 0 Å². The molecule has 36 heavy (non-hydrogen) atoms. The maximum atomic E-state index is 12.8. The van der Waals surface area contributed by atoms with E-state index >= 15 is 0 Å². The van der Waals surface area contributed by atoms with Crippen LogP contribution in [-0.4, -0.2) is 39.8 Å². The summed E-state index contributed by atoms with van der Waals surface area (Å²) in [6.07, 6.45) is 7.38. The van der Waals surface area contributed by atoms with Gasteiger partial charge in [0.2, 0.25) is 0 Å². The van der Waals surface area contributed by atoms with Gasteiger partial charge in [-0.05, 0) is 64.7 Å². The highest BCUT2D eigenvalue weighted by molar-refractivity contribution is 6.60. The van der Waals surface area contributed by atoms with Crippen LogP contribution in [0.5, 0.6) is 5.75 Å². The van der Waals surface area contributed by atoms with Gasteiger partial charge in [-0.3, -0.25) is 4.79 Å². The highest BCUT2D eigenvalue weighted by atomic mass is 28.4. The SMILES string of the molecule is CCCn1c(=O)c(C#N)c(C)c2c(OCCCCCCCC[Si](OCC)(OCC)OCC)cccc21. The maximum absolute atomic E-state index is 12.8. The van der Waals surface area contributed by atoms with Crippen molar-refractivity contribution in [1.29, 1.82) is 5.26 Å². The smallest absolute Gasteiger partial charge is 0.493 e. The number of benzene rings is 1. The van der Waals surface area contributed by atoms with Crippen LogP contribution in [0, 0.1) is 18.3 Å². The lowest BCUT2D eigenvalue weighted by molar-refractivity contribution is 0.0706. The quantitative estimate of drug-likeness (QED) is 0.169. The maximum Gasteiger partial charge on any atom is 0.500 e. The summed E-state index contributed by atoms with van der Waals surface area (Å²) in [6, 6.07) is 8.77. The fourth-order valence-corrected chi connectivity index (χ4v) is 7.37. The molecule has 7 nitrogen and oxygen atoms in total. The summed E-state index contributed by atoms with van der Waals surface area (Å²) in [6.45, 7) is 12.9. The third-order valence-corrected chi connectivity index (χ3v) is 9.44. The number of ether oxygens (including phenoxy) is 1. The van der Waals surface area contributed by atoms with Gasteiger partial charge in [-0.2, -0.15) is 5.26 Å². The Morgan fingerprint density at radius 1 is 0.917 bits per heavy atom. The highest BCUT2D eigenvalue weighted by Gasteiger charge is 2.39. The minimum atomic E-state index is -2.52. The van der Waals surface area contributed by atoms with Crippen LogP contribution in [0.1, 0.15) is 83.8 Å². The number of hydrogen-bond donors (Lipinski definition) is 0. The van der Waals surface area contributed by atoms with Gasteiger partial charge in [-0.15, -0.1) is 0 Å². The Morgan fingerprint density at radius 3 is 2.11 bits per heavy atom. The molecular formula is C28H44N2O5Si. The molecule has 0 amide bonds. The van der Waals surface area contributed by atoms with Crippen molar-refractivity contribution in [3.05, 3.63) is 39.7 Å². The summed E-state index contributed by atoms with van der Waals surface area (Å²) in [7, 11) is -2.52. The number of nitriles is 1. The van der Waals surface area contributed by atoms with Gasteiger partial charge in [-0.1, -0.05) is 38.7 Å². The Bertz CT molecular complexity index is 1030. The van der Waals surface area contributed by atoms with Gasteiger partial charge in [0.05, 0.1) is 12.1 Å². The van der Waals surface area contributed by atoms with Crippen molar-refractivity contribution in [2.45, 2.75) is 92.2 Å². The molecular weight excluding hydrogens is 472 g/mol. The summed E-state index contributed by atoms with van der Waals surface area (Å²) in [5, 5.41) is 10.4. The first-order chi connectivity index (χ1) is 17.5. The second-order valence-corrected chi connectivity index (χ2v) is 11.7. The fraction of sp³-hybridized carbons (Fsp3) is 0.643. The lowest BCUT2D eigenvalue weighted by Crippen LogP contribution is -2.45. The van der Waals surface area contributed by atoms with Crippen LogP contribution < -0.4 is 10.3 Å². The number of nitrogens with zero attached hydrogens (tertiary/aromatic N) is 2. The first-order valence-corrected chi connectivity index (χ1v) is 15.5. The number of unbranched alkanes of at least 4 members (excludes halogenated alkanes) is 5. The van der Waals surface area contributed by atoms with Crippen molar-refractivity contribution in [1.82, 2.24) is 4.57 Å². The first kappa shape index (κ1) is 30.0. The molecule has 0 spiro atoms. The molecule has 0 N–H and O–H groups in total. The molecule has 0 saturated heterocycles. The molecule has 0 fully saturated rings. The Morgan fingerprint density at radius 2 is 1.53 bits per heavy atom. The van der Waals surface area contributed by atoms with Gasteiger partial charge in [0.15, 0.2) is 0 Å². The summed E-state index contributed by atoms with van der Waals surface area (Å²) in [5.74, 6) is 0.746. The highest BCUT2D eigenvalue weighted by Crippen LogP contribution is 2.30. The lowest BCUT2D eigenvalue weighted by Gasteiger charge is -2.28. The predicted molar refractivity (Wildman–Crippen MR) is 147 cm³/mol. The van der Waals surface area contributed by atoms with E-state index in [0.717, 1.165) is 67.6 Å². The van der Waals surface area contributed by atoms with E-state index in [1.807, 2.05) is 52.8 Å². The zero-order valence-electron chi connectivity index (χ0n) is 22.9. The number of aromatic nitrogens is 1. The normalized spacial score (nSPS) is 11.7. The van der Waals surface area contributed by atoms with Gasteiger partial charge < -0.3 is 22.6 Å². The van der Waals surface area contributed by atoms with Crippen LogP contribution in [0.4, 0.5) is 0 Å². The monoisotopic (exact) mass is 516 g/mol. The van der Waals surface area contributed by atoms with E-state index in [1.54, 1.807) is 4.57 Å². The van der Waals surface area contributed by atoms with Gasteiger partial charge in [0.1, 0.15) is 17.4 Å². The summed E-state index contributed by atoms with van der Waals surface area (Å²) in [4.78, 5) is 12.8. The minimum absolute atomic E-state index is 0.206. The lowest BCUT2D eigenvalue weighted by atomic mass is 10.0. The van der Waals surface area contributed by atoms with E-state index in [9.17, 15) is 10.1 Å². The largest absolute Gasteiger partial charge is 0.500 e. The zero-order valence-corrected chi connectivity index (χ0v) is 23.9. The molecule has 0 aliphatic heterocycles. The molecule has 2 rings (SSSR count). The summed E-state index contributed by atoms with van der Waals surface area (Å²) < 4.78 is 25.7. The molecule has 0 bridgehead atoms. The molecule has 0 saturated carbocycles. The van der Waals surface area contributed by atoms with Crippen LogP contribution in [0.25, 0.3) is 10.9 Å². The third-order valence-electron chi connectivity index (χ3n) is 6.29. The Hall–Kier alpha value is -2.18. The predicted octanol–water partition coefficient (Wildman–Crippen LogP) is 6.36. The van der Waals surface area contributed by atoms with Crippen LogP contribution >= 0.6 is 0 Å². The molecule has 1 aromatic carbocycles. The van der Waals surface area contributed by atoms with Crippen molar-refractivity contribution in [2.75, 3.05) is 26.4 Å². The van der Waals surface area contributed by atoms with Crippen molar-refractivity contribution in [3.8, 4) is 11.8 Å². The summed E-state index contributed by atoms with van der Waals surface area (Å²) >= 11 is 0. The van der Waals surface area contributed by atoms with Gasteiger partial charge in [-0.25, -0.2) is 0 Å². The molecule has 0 radical (unpaired) electrons. The number of aryl methyl sites for hydroxylation is 2. The first-order valence-electron chi connectivity index (χ1n) is 13.6. The zero-order chi connectivity index (χ0) is 26.4. The Labute approximate surface area is 217 Å². The van der Waals surface area contributed by atoms with E-state index in [2.05, 4.69) is 6.07 Å². The van der Waals surface area contributed by atoms with Gasteiger partial charge >= 0.3 is 8.80 Å². The number of hydrogen-bond acceptors (Lipinski definition) is 6. The molecule has 1 heterocycles. The number of fused-ring (bicyclic) bond motifs is 1. The van der Waals surface area contributed by atoms with Crippen molar-refractivity contribution in [2.24, 2.45) is 0 Å². The Kier molecular flexibility index (Phi) is 13.2. The molecule has 200 valence electrons. The van der Waals surface area contributed by atoms with Gasteiger partial charge in [0.25, 0.3) is 5.56 Å². The van der Waals surface area contributed by atoms with Crippen LogP contribution in [0.2, 0.25) is 6.04 Å². The number of pyridine rings is 1. The molecule has 0 aliphatic carbocycles. The molecule has 8 heteroatoms. The van der Waals surface area contributed by atoms with E-state index in [-0.39, 0.29) is 11.1 Å². The number of rotatable bonds is 18. The average molecular weight is 517 g/mol. The second-order valence-electron chi connectivity index (χ2n) is 8.92. The minimum Gasteiger partial charge on any atom is -0.493 e. The van der Waals surface area contributed by atoms with E-state index in [4.69, 9.17) is 18.0 Å². The standard InChI is InChI=1S/C28H44N2O5Si/c1-6-19-30-25-17-16-18-26(27(25)23(5)24(22-29)28(30)31)32-20-14-12-10-11-13-15-21-36(33-7-2,34-8-3)35-9-4/h16-18H,6-15,19-21H2,1-5H3. The van der Waals surface area contributed by atoms with Crippen LogP contribution in [0.15, 0.2) is 23.0 Å². The Balaban J connectivity index is 1.86.